The van der Waals surface area contributed by atoms with Crippen molar-refractivity contribution in [1.82, 2.24) is 0 Å². The van der Waals surface area contributed by atoms with Gasteiger partial charge in [0, 0.05) is 5.69 Å². The first-order chi connectivity index (χ1) is 12.4. The van der Waals surface area contributed by atoms with E-state index in [4.69, 9.17) is 4.74 Å². The Bertz CT molecular complexity index is 894. The van der Waals surface area contributed by atoms with E-state index in [9.17, 15) is 13.2 Å². The van der Waals surface area contributed by atoms with Gasteiger partial charge in [0.15, 0.2) is 6.10 Å². The molecule has 7 heteroatoms. The Morgan fingerprint density at radius 1 is 1.15 bits per heavy atom. The predicted octanol–water partition coefficient (Wildman–Crippen LogP) is 2.80. The molecule has 1 heterocycles. The number of anilines is 2. The lowest BCUT2D eigenvalue weighted by atomic mass is 10.1. The van der Waals surface area contributed by atoms with Crippen molar-refractivity contribution in [1.29, 1.82) is 0 Å². The smallest absolute Gasteiger partial charge is 0.267 e. The van der Waals surface area contributed by atoms with Crippen molar-refractivity contribution in [2.24, 2.45) is 0 Å². The summed E-state index contributed by atoms with van der Waals surface area (Å²) in [7, 11) is -3.51. The number of hydrogen-bond donors (Lipinski definition) is 1. The fourth-order valence-corrected chi connectivity index (χ4v) is 3.93. The number of fused-ring (bicyclic) bond motifs is 1. The highest BCUT2D eigenvalue weighted by Gasteiger charge is 2.35. The molecule has 1 aliphatic heterocycles. The first-order valence-corrected chi connectivity index (χ1v) is 10.2. The lowest BCUT2D eigenvalue weighted by Gasteiger charge is -2.34. The van der Waals surface area contributed by atoms with Crippen LogP contribution in [0.3, 0.4) is 0 Å². The molecule has 1 amide bonds. The van der Waals surface area contributed by atoms with Crippen LogP contribution in [0, 0.1) is 0 Å². The Kier molecular flexibility index (Phi) is 5.18. The summed E-state index contributed by atoms with van der Waals surface area (Å²) in [4.78, 5) is 12.6. The van der Waals surface area contributed by atoms with Crippen LogP contribution < -0.4 is 14.4 Å². The summed E-state index contributed by atoms with van der Waals surface area (Å²) >= 11 is 0. The highest BCUT2D eigenvalue weighted by atomic mass is 32.2. The SMILES string of the molecule is CCc1ccc(NC(=O)[C@@H]2CN(S(=O)(=O)CC)c3ccccc3O2)cc1. The topological polar surface area (TPSA) is 75.7 Å². The van der Waals surface area contributed by atoms with Gasteiger partial charge in [-0.15, -0.1) is 0 Å². The molecule has 0 aromatic heterocycles. The minimum atomic E-state index is -3.51. The van der Waals surface area contributed by atoms with E-state index in [1.165, 1.54) is 9.87 Å². The van der Waals surface area contributed by atoms with Gasteiger partial charge in [-0.05, 0) is 43.2 Å². The monoisotopic (exact) mass is 374 g/mol. The van der Waals surface area contributed by atoms with E-state index in [2.05, 4.69) is 12.2 Å². The zero-order chi connectivity index (χ0) is 18.7. The van der Waals surface area contributed by atoms with Crippen molar-refractivity contribution in [3.63, 3.8) is 0 Å². The van der Waals surface area contributed by atoms with Crippen molar-refractivity contribution in [3.8, 4) is 5.75 Å². The Morgan fingerprint density at radius 3 is 2.50 bits per heavy atom. The number of sulfonamides is 1. The van der Waals surface area contributed by atoms with Crippen LogP contribution in [0.25, 0.3) is 0 Å². The molecule has 2 aromatic carbocycles. The minimum Gasteiger partial charge on any atom is -0.476 e. The first-order valence-electron chi connectivity index (χ1n) is 8.60. The lowest BCUT2D eigenvalue weighted by Crippen LogP contribution is -2.49. The Morgan fingerprint density at radius 2 is 1.85 bits per heavy atom. The number of nitrogens with zero attached hydrogens (tertiary/aromatic N) is 1. The molecule has 2 aromatic rings. The number of ether oxygens (including phenoxy) is 1. The van der Waals surface area contributed by atoms with Gasteiger partial charge in [-0.1, -0.05) is 31.2 Å². The summed E-state index contributed by atoms with van der Waals surface area (Å²) in [6.45, 7) is 3.59. The van der Waals surface area contributed by atoms with Gasteiger partial charge in [0.1, 0.15) is 5.75 Å². The summed E-state index contributed by atoms with van der Waals surface area (Å²) < 4.78 is 31.9. The van der Waals surface area contributed by atoms with Crippen LogP contribution in [-0.2, 0) is 21.2 Å². The van der Waals surface area contributed by atoms with E-state index in [1.54, 1.807) is 31.2 Å². The predicted molar refractivity (Wildman–Crippen MR) is 102 cm³/mol. The molecule has 1 atom stereocenters. The Labute approximate surface area is 153 Å². The Balaban J connectivity index is 1.83. The first kappa shape index (κ1) is 18.3. The van der Waals surface area contributed by atoms with Gasteiger partial charge in [0.2, 0.25) is 10.0 Å². The fraction of sp³-hybridized carbons (Fsp3) is 0.316. The van der Waals surface area contributed by atoms with Gasteiger partial charge in [0.25, 0.3) is 5.91 Å². The second-order valence-corrected chi connectivity index (χ2v) is 8.23. The van der Waals surface area contributed by atoms with Crippen LogP contribution in [-0.4, -0.2) is 32.7 Å². The second-order valence-electron chi connectivity index (χ2n) is 6.05. The molecular formula is C19H22N2O4S. The summed E-state index contributed by atoms with van der Waals surface area (Å²) in [5.74, 6) is -0.0361. The van der Waals surface area contributed by atoms with Crippen molar-refractivity contribution < 1.29 is 17.9 Å². The maximum absolute atomic E-state index is 12.6. The van der Waals surface area contributed by atoms with E-state index < -0.39 is 16.1 Å². The van der Waals surface area contributed by atoms with E-state index in [-0.39, 0.29) is 18.2 Å². The van der Waals surface area contributed by atoms with Gasteiger partial charge in [-0.25, -0.2) is 8.42 Å². The van der Waals surface area contributed by atoms with Gasteiger partial charge in [-0.3, -0.25) is 9.10 Å². The molecule has 1 N–H and O–H groups in total. The molecule has 1 aliphatic rings. The summed E-state index contributed by atoms with van der Waals surface area (Å²) in [5, 5.41) is 2.80. The number of rotatable bonds is 5. The summed E-state index contributed by atoms with van der Waals surface area (Å²) in [6, 6.07) is 14.4. The molecular weight excluding hydrogens is 352 g/mol. The molecule has 0 saturated heterocycles. The molecule has 26 heavy (non-hydrogen) atoms. The van der Waals surface area contributed by atoms with E-state index in [0.717, 1.165) is 6.42 Å². The fourth-order valence-electron chi connectivity index (χ4n) is 2.80. The van der Waals surface area contributed by atoms with Crippen molar-refractivity contribution >= 4 is 27.3 Å². The molecule has 0 fully saturated rings. The van der Waals surface area contributed by atoms with E-state index in [1.807, 2.05) is 24.3 Å². The van der Waals surface area contributed by atoms with E-state index in [0.29, 0.717) is 17.1 Å². The van der Waals surface area contributed by atoms with Crippen molar-refractivity contribution in [3.05, 3.63) is 54.1 Å². The van der Waals surface area contributed by atoms with Gasteiger partial charge in [0.05, 0.1) is 18.0 Å². The minimum absolute atomic E-state index is 0.0475. The normalized spacial score (nSPS) is 16.5. The molecule has 138 valence electrons. The molecule has 0 saturated carbocycles. The number of hydrogen-bond acceptors (Lipinski definition) is 4. The third kappa shape index (κ3) is 3.67. The van der Waals surface area contributed by atoms with Gasteiger partial charge in [-0.2, -0.15) is 0 Å². The van der Waals surface area contributed by atoms with Gasteiger partial charge >= 0.3 is 0 Å². The lowest BCUT2D eigenvalue weighted by molar-refractivity contribution is -0.122. The maximum atomic E-state index is 12.6. The standard InChI is InChI=1S/C19H22N2O4S/c1-3-14-9-11-15(12-10-14)20-19(22)18-13-21(26(23,24)4-2)16-7-5-6-8-17(16)25-18/h5-12,18H,3-4,13H2,1-2H3,(H,20,22)/t18-/m0/s1. The van der Waals surface area contributed by atoms with Crippen molar-refractivity contribution in [2.45, 2.75) is 26.4 Å². The number of carbonyl (C=O) groups excluding carboxylic acids is 1. The number of aryl methyl sites for hydroxylation is 1. The number of benzene rings is 2. The number of nitrogens with one attached hydrogen (secondary N) is 1. The molecule has 0 spiro atoms. The van der Waals surface area contributed by atoms with E-state index >= 15 is 0 Å². The molecule has 6 nitrogen and oxygen atoms in total. The number of amides is 1. The molecule has 3 rings (SSSR count). The molecule has 0 bridgehead atoms. The maximum Gasteiger partial charge on any atom is 0.267 e. The third-order valence-corrected chi connectivity index (χ3v) is 6.10. The summed E-state index contributed by atoms with van der Waals surface area (Å²) in [5.41, 5.74) is 2.29. The third-order valence-electron chi connectivity index (χ3n) is 4.36. The highest BCUT2D eigenvalue weighted by molar-refractivity contribution is 7.92. The van der Waals surface area contributed by atoms with Crippen LogP contribution in [0.15, 0.2) is 48.5 Å². The molecule has 0 radical (unpaired) electrons. The van der Waals surface area contributed by atoms with Crippen LogP contribution in [0.2, 0.25) is 0 Å². The average Bonchev–Trinajstić information content (AvgIpc) is 2.67. The largest absolute Gasteiger partial charge is 0.476 e. The number of carbonyl (C=O) groups is 1. The average molecular weight is 374 g/mol. The van der Waals surface area contributed by atoms with Crippen LogP contribution in [0.1, 0.15) is 19.4 Å². The molecule has 0 aliphatic carbocycles. The highest BCUT2D eigenvalue weighted by Crippen LogP contribution is 2.35. The van der Waals surface area contributed by atoms with Gasteiger partial charge < -0.3 is 10.1 Å². The second kappa shape index (κ2) is 7.37. The quantitative estimate of drug-likeness (QED) is 0.873. The summed E-state index contributed by atoms with van der Waals surface area (Å²) in [6.07, 6.45) is -0.00213. The van der Waals surface area contributed by atoms with Crippen LogP contribution >= 0.6 is 0 Å². The zero-order valence-electron chi connectivity index (χ0n) is 14.8. The van der Waals surface area contributed by atoms with Crippen molar-refractivity contribution in [2.75, 3.05) is 21.9 Å². The molecule has 0 unspecified atom stereocenters. The van der Waals surface area contributed by atoms with Crippen LogP contribution in [0.5, 0.6) is 5.75 Å². The zero-order valence-corrected chi connectivity index (χ0v) is 15.6. The number of para-hydroxylation sites is 2. The van der Waals surface area contributed by atoms with Crippen LogP contribution in [0.4, 0.5) is 11.4 Å². The Hall–Kier alpha value is -2.54.